The Hall–Kier alpha value is -3.46. The normalized spacial score (nSPS) is 12.5. The SMILES string of the molecule is N#Cc1ccn(-c2ccc(C(=O)Nc3cc(C4CC4)c(F)cc3C(=O)[O-])nn2)c1.[Li+]. The van der Waals surface area contributed by atoms with Gasteiger partial charge in [0.05, 0.1) is 17.2 Å². The van der Waals surface area contributed by atoms with Crippen molar-refractivity contribution in [1.29, 1.82) is 5.26 Å². The molecule has 0 saturated heterocycles. The van der Waals surface area contributed by atoms with Crippen LogP contribution in [0.2, 0.25) is 0 Å². The van der Waals surface area contributed by atoms with Crippen LogP contribution in [0.4, 0.5) is 10.1 Å². The molecule has 3 aromatic rings. The maximum absolute atomic E-state index is 14.1. The molecule has 1 N–H and O–H groups in total. The topological polar surface area (TPSA) is 124 Å². The fourth-order valence-electron chi connectivity index (χ4n) is 2.95. The van der Waals surface area contributed by atoms with Crippen molar-refractivity contribution in [3.63, 3.8) is 0 Å². The number of hydrogen-bond donors (Lipinski definition) is 1. The number of nitriles is 1. The van der Waals surface area contributed by atoms with E-state index in [0.717, 1.165) is 18.9 Å². The van der Waals surface area contributed by atoms with Gasteiger partial charge in [0.25, 0.3) is 5.91 Å². The molecule has 30 heavy (non-hydrogen) atoms. The molecule has 1 fully saturated rings. The molecule has 1 aliphatic rings. The summed E-state index contributed by atoms with van der Waals surface area (Å²) >= 11 is 0. The molecule has 0 spiro atoms. The van der Waals surface area contributed by atoms with Gasteiger partial charge < -0.3 is 19.8 Å². The van der Waals surface area contributed by atoms with Crippen LogP contribution in [0.3, 0.4) is 0 Å². The first kappa shape index (κ1) is 21.3. The molecule has 2 heterocycles. The molecule has 1 saturated carbocycles. The predicted molar refractivity (Wildman–Crippen MR) is 96.7 cm³/mol. The van der Waals surface area contributed by atoms with Crippen molar-refractivity contribution in [2.24, 2.45) is 0 Å². The number of nitrogens with zero attached hydrogens (tertiary/aromatic N) is 4. The number of hydrogen-bond acceptors (Lipinski definition) is 6. The maximum atomic E-state index is 14.1. The number of carbonyl (C=O) groups excluding carboxylic acids is 2. The van der Waals surface area contributed by atoms with E-state index in [0.29, 0.717) is 16.9 Å². The molecule has 1 aliphatic carbocycles. The zero-order valence-corrected chi connectivity index (χ0v) is 15.9. The summed E-state index contributed by atoms with van der Waals surface area (Å²) in [5, 5.41) is 30.4. The smallest absolute Gasteiger partial charge is 0.545 e. The van der Waals surface area contributed by atoms with Gasteiger partial charge in [-0.15, -0.1) is 10.2 Å². The van der Waals surface area contributed by atoms with Crippen LogP contribution in [-0.2, 0) is 0 Å². The molecular formula is C20H13FLiN5O3. The minimum atomic E-state index is -1.59. The second kappa shape index (κ2) is 8.50. The summed E-state index contributed by atoms with van der Waals surface area (Å²) in [6.45, 7) is 0. The number of aromatic carboxylic acids is 1. The number of anilines is 1. The molecule has 0 radical (unpaired) electrons. The predicted octanol–water partition coefficient (Wildman–Crippen LogP) is -1.22. The van der Waals surface area contributed by atoms with Gasteiger partial charge in [0.1, 0.15) is 11.9 Å². The molecule has 0 atom stereocenters. The Kier molecular flexibility index (Phi) is 6.02. The van der Waals surface area contributed by atoms with Gasteiger partial charge in [-0.05, 0) is 54.7 Å². The molecule has 8 nitrogen and oxygen atoms in total. The largest absolute Gasteiger partial charge is 1.00 e. The van der Waals surface area contributed by atoms with E-state index in [1.165, 1.54) is 18.2 Å². The first-order chi connectivity index (χ1) is 14.0. The number of amides is 1. The van der Waals surface area contributed by atoms with Crippen LogP contribution in [0.1, 0.15) is 50.7 Å². The van der Waals surface area contributed by atoms with Crippen LogP contribution in [0.25, 0.3) is 5.82 Å². The van der Waals surface area contributed by atoms with Crippen molar-refractivity contribution < 1.29 is 37.9 Å². The second-order valence-electron chi connectivity index (χ2n) is 6.63. The number of carboxylic acids is 1. The zero-order valence-electron chi connectivity index (χ0n) is 15.9. The number of nitrogens with one attached hydrogen (secondary N) is 1. The Morgan fingerprint density at radius 3 is 2.57 bits per heavy atom. The van der Waals surface area contributed by atoms with Gasteiger partial charge in [-0.1, -0.05) is 0 Å². The standard InChI is InChI=1S/C20H14FN5O3.Li/c21-15-7-14(20(28)29)17(8-13(15)12-1-2-12)23-19(27)16-3-4-18(25-24-16)26-6-5-11(9-22)10-26;/h3-8,10,12H,1-2H2,(H,23,27)(H,28,29);/q;+1/p-1. The van der Waals surface area contributed by atoms with Gasteiger partial charge in [-0.25, -0.2) is 4.39 Å². The van der Waals surface area contributed by atoms with Crippen molar-refractivity contribution in [3.8, 4) is 11.9 Å². The second-order valence-corrected chi connectivity index (χ2v) is 6.63. The third kappa shape index (κ3) is 4.25. The molecule has 0 aliphatic heterocycles. The number of aromatic nitrogens is 3. The summed E-state index contributed by atoms with van der Waals surface area (Å²) in [4.78, 5) is 23.8. The fraction of sp³-hybridized carbons (Fsp3) is 0.150. The third-order valence-corrected chi connectivity index (χ3v) is 4.59. The molecule has 4 rings (SSSR count). The monoisotopic (exact) mass is 397 g/mol. The Morgan fingerprint density at radius 2 is 2.00 bits per heavy atom. The minimum absolute atomic E-state index is 0. The summed E-state index contributed by atoms with van der Waals surface area (Å²) in [7, 11) is 0. The van der Waals surface area contributed by atoms with Gasteiger partial charge in [0, 0.05) is 18.0 Å². The third-order valence-electron chi connectivity index (χ3n) is 4.59. The molecule has 2 aromatic heterocycles. The summed E-state index contributed by atoms with van der Waals surface area (Å²) in [6, 6.07) is 8.75. The van der Waals surface area contributed by atoms with Gasteiger partial charge in [-0.2, -0.15) is 5.26 Å². The minimum Gasteiger partial charge on any atom is -0.545 e. The molecule has 1 amide bonds. The first-order valence-electron chi connectivity index (χ1n) is 8.74. The van der Waals surface area contributed by atoms with E-state index in [9.17, 15) is 19.1 Å². The van der Waals surface area contributed by atoms with E-state index in [1.54, 1.807) is 23.0 Å². The summed E-state index contributed by atoms with van der Waals surface area (Å²) in [5.74, 6) is -2.48. The molecule has 0 bridgehead atoms. The molecular weight excluding hydrogens is 384 g/mol. The van der Waals surface area contributed by atoms with E-state index in [2.05, 4.69) is 15.5 Å². The summed E-state index contributed by atoms with van der Waals surface area (Å²) in [6.07, 6.45) is 4.82. The number of rotatable bonds is 5. The zero-order chi connectivity index (χ0) is 20.5. The summed E-state index contributed by atoms with van der Waals surface area (Å²) < 4.78 is 15.7. The first-order valence-corrected chi connectivity index (χ1v) is 8.74. The van der Waals surface area contributed by atoms with E-state index in [1.807, 2.05) is 6.07 Å². The summed E-state index contributed by atoms with van der Waals surface area (Å²) in [5.41, 5.74) is 0.274. The molecule has 1 aromatic carbocycles. The average molecular weight is 397 g/mol. The number of halogens is 1. The van der Waals surface area contributed by atoms with Crippen molar-refractivity contribution in [2.75, 3.05) is 5.32 Å². The maximum Gasteiger partial charge on any atom is 1.00 e. The van der Waals surface area contributed by atoms with Crippen molar-refractivity contribution >= 4 is 17.6 Å². The van der Waals surface area contributed by atoms with Gasteiger partial charge in [-0.3, -0.25) is 4.79 Å². The van der Waals surface area contributed by atoms with E-state index in [4.69, 9.17) is 5.26 Å². The van der Waals surface area contributed by atoms with Crippen LogP contribution in [0.5, 0.6) is 0 Å². The molecule has 0 unspecified atom stereocenters. The van der Waals surface area contributed by atoms with Crippen LogP contribution in [0.15, 0.2) is 42.7 Å². The quantitative estimate of drug-likeness (QED) is 0.538. The van der Waals surface area contributed by atoms with Crippen molar-refractivity contribution in [2.45, 2.75) is 18.8 Å². The van der Waals surface area contributed by atoms with E-state index in [-0.39, 0.29) is 36.2 Å². The average Bonchev–Trinajstić information content (AvgIpc) is 3.45. The fourth-order valence-corrected chi connectivity index (χ4v) is 2.95. The van der Waals surface area contributed by atoms with Crippen molar-refractivity contribution in [3.05, 3.63) is 70.9 Å². The number of carbonyl (C=O) groups is 2. The molecule has 144 valence electrons. The number of carboxylic acid groups (broad SMARTS) is 1. The Bertz CT molecular complexity index is 1170. The van der Waals surface area contributed by atoms with Crippen LogP contribution < -0.4 is 29.3 Å². The van der Waals surface area contributed by atoms with Crippen LogP contribution in [0, 0.1) is 17.1 Å². The van der Waals surface area contributed by atoms with E-state index < -0.39 is 23.3 Å². The van der Waals surface area contributed by atoms with Gasteiger partial charge in [0.2, 0.25) is 0 Å². The number of benzene rings is 1. The van der Waals surface area contributed by atoms with Crippen LogP contribution >= 0.6 is 0 Å². The Morgan fingerprint density at radius 1 is 1.23 bits per heavy atom. The Labute approximate surface area is 182 Å². The van der Waals surface area contributed by atoms with Gasteiger partial charge >= 0.3 is 18.9 Å². The molecule has 10 heteroatoms. The van der Waals surface area contributed by atoms with Crippen molar-refractivity contribution in [1.82, 2.24) is 14.8 Å². The Balaban J connectivity index is 0.00000256. The van der Waals surface area contributed by atoms with Gasteiger partial charge in [0.15, 0.2) is 11.5 Å². The van der Waals surface area contributed by atoms with E-state index >= 15 is 0 Å². The van der Waals surface area contributed by atoms with Crippen LogP contribution in [-0.4, -0.2) is 26.6 Å².